The van der Waals surface area contributed by atoms with Gasteiger partial charge in [-0.1, -0.05) is 12.1 Å². The van der Waals surface area contributed by atoms with E-state index in [-0.39, 0.29) is 24.3 Å². The van der Waals surface area contributed by atoms with E-state index in [9.17, 15) is 4.39 Å². The Morgan fingerprint density at radius 1 is 1.42 bits per heavy atom. The van der Waals surface area contributed by atoms with Gasteiger partial charge in [-0.15, -0.1) is 0 Å². The molecule has 12 heavy (non-hydrogen) atoms. The zero-order valence-electron chi connectivity index (χ0n) is 7.27. The number of benzene rings is 1. The molecule has 0 aliphatic heterocycles. The number of quaternary nitrogens is 1. The van der Waals surface area contributed by atoms with Gasteiger partial charge in [-0.3, -0.25) is 0 Å². The Balaban J connectivity index is 0.00000121. The van der Waals surface area contributed by atoms with Gasteiger partial charge in [-0.05, 0) is 25.5 Å². The normalized spacial score (nSPS) is 12.0. The summed E-state index contributed by atoms with van der Waals surface area (Å²) >= 11 is 0. The third kappa shape index (κ3) is 2.19. The largest absolute Gasteiger partial charge is 1.00 e. The molecule has 68 valence electrons. The fourth-order valence-corrected chi connectivity index (χ4v) is 1.16. The van der Waals surface area contributed by atoms with Crippen molar-refractivity contribution in [2.24, 2.45) is 0 Å². The standard InChI is InChI=1S/C9H12FN.ClH/c1-6-8(7(2)11)4-3-5-9(6)10;/h3-5,7H,11H2,1-2H3;1H/t7-;/m0./s1. The molecule has 1 aromatic carbocycles. The van der Waals surface area contributed by atoms with Gasteiger partial charge in [-0.2, -0.15) is 0 Å². The summed E-state index contributed by atoms with van der Waals surface area (Å²) in [5, 5.41) is 0. The zero-order chi connectivity index (χ0) is 8.43. The van der Waals surface area contributed by atoms with Crippen molar-refractivity contribution in [3.63, 3.8) is 0 Å². The van der Waals surface area contributed by atoms with Gasteiger partial charge in [0.25, 0.3) is 0 Å². The van der Waals surface area contributed by atoms with Crippen molar-refractivity contribution in [2.75, 3.05) is 0 Å². The fraction of sp³-hybridized carbons (Fsp3) is 0.333. The van der Waals surface area contributed by atoms with Gasteiger partial charge in [-0.25, -0.2) is 4.39 Å². The minimum Gasteiger partial charge on any atom is -1.00 e. The molecule has 0 radical (unpaired) electrons. The summed E-state index contributed by atoms with van der Waals surface area (Å²) in [5.41, 5.74) is 5.55. The van der Waals surface area contributed by atoms with E-state index in [0.29, 0.717) is 0 Å². The molecule has 0 saturated carbocycles. The molecular weight excluding hydrogens is 177 g/mol. The van der Waals surface area contributed by atoms with Crippen molar-refractivity contribution in [3.8, 4) is 0 Å². The topological polar surface area (TPSA) is 27.6 Å². The molecule has 0 bridgehead atoms. The highest BCUT2D eigenvalue weighted by molar-refractivity contribution is 5.28. The van der Waals surface area contributed by atoms with E-state index in [1.54, 1.807) is 13.0 Å². The molecular formula is C9H13ClFN. The third-order valence-corrected chi connectivity index (χ3v) is 1.84. The molecule has 1 nitrogen and oxygen atoms in total. The van der Waals surface area contributed by atoms with Crippen LogP contribution in [0.25, 0.3) is 0 Å². The molecule has 1 aromatic rings. The van der Waals surface area contributed by atoms with Crippen LogP contribution in [0.3, 0.4) is 0 Å². The number of hydrogen-bond donors (Lipinski definition) is 1. The average molecular weight is 190 g/mol. The number of rotatable bonds is 1. The maximum Gasteiger partial charge on any atom is 0.126 e. The van der Waals surface area contributed by atoms with Gasteiger partial charge in [0.1, 0.15) is 11.9 Å². The first kappa shape index (κ1) is 11.4. The quantitative estimate of drug-likeness (QED) is 0.554. The van der Waals surface area contributed by atoms with Gasteiger partial charge in [0.2, 0.25) is 0 Å². The Kier molecular flexibility index (Phi) is 4.21. The summed E-state index contributed by atoms with van der Waals surface area (Å²) in [5.74, 6) is -0.141. The predicted molar refractivity (Wildman–Crippen MR) is 42.4 cm³/mol. The Labute approximate surface area is 78.2 Å². The van der Waals surface area contributed by atoms with E-state index in [1.165, 1.54) is 6.07 Å². The van der Waals surface area contributed by atoms with Crippen molar-refractivity contribution >= 4 is 0 Å². The highest BCUT2D eigenvalue weighted by Gasteiger charge is 2.08. The number of halogens is 2. The van der Waals surface area contributed by atoms with Crippen LogP contribution in [0.4, 0.5) is 4.39 Å². The third-order valence-electron chi connectivity index (χ3n) is 1.84. The summed E-state index contributed by atoms with van der Waals surface area (Å²) in [4.78, 5) is 0. The van der Waals surface area contributed by atoms with Crippen molar-refractivity contribution < 1.29 is 22.5 Å². The molecule has 0 spiro atoms. The first-order chi connectivity index (χ1) is 5.13. The molecule has 1 atom stereocenters. The molecule has 0 unspecified atom stereocenters. The van der Waals surface area contributed by atoms with Crippen molar-refractivity contribution in [3.05, 3.63) is 35.1 Å². The lowest BCUT2D eigenvalue weighted by molar-refractivity contribution is -0.420. The van der Waals surface area contributed by atoms with Crippen LogP contribution in [0.1, 0.15) is 24.1 Å². The lowest BCUT2D eigenvalue weighted by atomic mass is 10.0. The van der Waals surface area contributed by atoms with Crippen LogP contribution in [-0.2, 0) is 0 Å². The van der Waals surface area contributed by atoms with E-state index in [4.69, 9.17) is 0 Å². The first-order valence-corrected chi connectivity index (χ1v) is 3.71. The zero-order valence-corrected chi connectivity index (χ0v) is 8.03. The Morgan fingerprint density at radius 2 is 2.00 bits per heavy atom. The van der Waals surface area contributed by atoms with Gasteiger partial charge >= 0.3 is 0 Å². The minimum absolute atomic E-state index is 0. The summed E-state index contributed by atoms with van der Waals surface area (Å²) < 4.78 is 12.9. The van der Waals surface area contributed by atoms with Crippen LogP contribution >= 0.6 is 0 Å². The highest BCUT2D eigenvalue weighted by Crippen LogP contribution is 2.16. The fourth-order valence-electron chi connectivity index (χ4n) is 1.16. The smallest absolute Gasteiger partial charge is 0.126 e. The minimum atomic E-state index is -0.141. The van der Waals surface area contributed by atoms with Gasteiger partial charge in [0.05, 0.1) is 0 Å². The van der Waals surface area contributed by atoms with E-state index in [2.05, 4.69) is 5.73 Å². The predicted octanol–water partition coefficient (Wildman–Crippen LogP) is -1.56. The summed E-state index contributed by atoms with van der Waals surface area (Å²) in [7, 11) is 0. The Hall–Kier alpha value is -0.600. The SMILES string of the molecule is Cc1c(F)cccc1[C@H](C)[NH3+].[Cl-]. The van der Waals surface area contributed by atoms with Crippen LogP contribution < -0.4 is 18.1 Å². The van der Waals surface area contributed by atoms with Gasteiger partial charge in [0.15, 0.2) is 0 Å². The molecule has 3 N–H and O–H groups in total. The van der Waals surface area contributed by atoms with Crippen molar-refractivity contribution in [2.45, 2.75) is 19.9 Å². The summed E-state index contributed by atoms with van der Waals surface area (Å²) in [6.45, 7) is 3.74. The van der Waals surface area contributed by atoms with Gasteiger partial charge in [0, 0.05) is 5.56 Å². The monoisotopic (exact) mass is 189 g/mol. The maximum absolute atomic E-state index is 12.9. The van der Waals surface area contributed by atoms with E-state index < -0.39 is 0 Å². The lowest BCUT2D eigenvalue weighted by Crippen LogP contribution is -3.00. The summed E-state index contributed by atoms with van der Waals surface area (Å²) in [6.07, 6.45) is 0. The van der Waals surface area contributed by atoms with Crippen molar-refractivity contribution in [1.29, 1.82) is 0 Å². The molecule has 0 aliphatic rings. The van der Waals surface area contributed by atoms with Crippen molar-refractivity contribution in [1.82, 2.24) is 0 Å². The van der Waals surface area contributed by atoms with Crippen LogP contribution in [0.2, 0.25) is 0 Å². The molecule has 0 aromatic heterocycles. The van der Waals surface area contributed by atoms with Crippen LogP contribution in [0.15, 0.2) is 18.2 Å². The highest BCUT2D eigenvalue weighted by atomic mass is 35.5. The molecule has 1 rings (SSSR count). The molecule has 0 amide bonds. The van der Waals surface area contributed by atoms with E-state index in [1.807, 2.05) is 13.0 Å². The molecule has 0 fully saturated rings. The van der Waals surface area contributed by atoms with E-state index >= 15 is 0 Å². The second kappa shape index (κ2) is 4.43. The molecule has 0 heterocycles. The molecule has 0 saturated heterocycles. The van der Waals surface area contributed by atoms with E-state index in [0.717, 1.165) is 11.1 Å². The maximum atomic E-state index is 12.9. The Bertz CT molecular complexity index is 261. The average Bonchev–Trinajstić information content (AvgIpc) is 1.94. The molecule has 0 aliphatic carbocycles. The first-order valence-electron chi connectivity index (χ1n) is 3.71. The van der Waals surface area contributed by atoms with Crippen LogP contribution in [-0.4, -0.2) is 0 Å². The number of hydrogen-bond acceptors (Lipinski definition) is 0. The second-order valence-corrected chi connectivity index (χ2v) is 2.86. The van der Waals surface area contributed by atoms with Crippen LogP contribution in [0, 0.1) is 12.7 Å². The lowest BCUT2D eigenvalue weighted by Gasteiger charge is -2.06. The van der Waals surface area contributed by atoms with Gasteiger partial charge < -0.3 is 18.1 Å². The molecule has 3 heteroatoms. The van der Waals surface area contributed by atoms with Crippen LogP contribution in [0.5, 0.6) is 0 Å². The Morgan fingerprint density at radius 3 is 2.42 bits per heavy atom. The summed E-state index contributed by atoms with van der Waals surface area (Å²) in [6, 6.07) is 5.27. The second-order valence-electron chi connectivity index (χ2n) is 2.86.